The van der Waals surface area contributed by atoms with Crippen molar-refractivity contribution in [1.29, 1.82) is 0 Å². The van der Waals surface area contributed by atoms with Crippen molar-refractivity contribution in [2.24, 2.45) is 40.4 Å². The van der Waals surface area contributed by atoms with E-state index >= 15 is 0 Å². The van der Waals surface area contributed by atoms with Crippen LogP contribution in [0.3, 0.4) is 0 Å². The first-order valence-corrected chi connectivity index (χ1v) is 21.9. The summed E-state index contributed by atoms with van der Waals surface area (Å²) in [4.78, 5) is 12.5. The monoisotopic (exact) mass is 828 g/mol. The van der Waals surface area contributed by atoms with Crippen LogP contribution in [0.25, 0.3) is 0 Å². The highest BCUT2D eigenvalue weighted by atomic mass is 32.3. The number of carbonyl (C=O) groups is 1. The second-order valence-electron chi connectivity index (χ2n) is 18.6. The van der Waals surface area contributed by atoms with Crippen LogP contribution < -0.4 is 0 Å². The van der Waals surface area contributed by atoms with Crippen molar-refractivity contribution in [2.45, 2.75) is 165 Å². The van der Waals surface area contributed by atoms with E-state index in [1.54, 1.807) is 0 Å². The van der Waals surface area contributed by atoms with Crippen LogP contribution in [0.1, 0.15) is 86.0 Å². The summed E-state index contributed by atoms with van der Waals surface area (Å²) in [7, 11) is -5.09. The fourth-order valence-electron chi connectivity index (χ4n) is 12.7. The third kappa shape index (κ3) is 7.17. The van der Waals surface area contributed by atoms with Crippen LogP contribution >= 0.6 is 0 Å². The summed E-state index contributed by atoms with van der Waals surface area (Å²) in [5, 5.41) is 43.1. The number of fused-ring (bicyclic) bond motifs is 7. The third-order valence-corrected chi connectivity index (χ3v) is 16.0. The Balaban J connectivity index is 1.08. The molecule has 4 heterocycles. The van der Waals surface area contributed by atoms with Gasteiger partial charge in [-0.2, -0.15) is 8.42 Å². The molecule has 20 atom stereocenters. The smallest absolute Gasteiger partial charge is 0.397 e. The fraction of sp³-hybridized carbons (Fsp3) is 0.875. The summed E-state index contributed by atoms with van der Waals surface area (Å²) >= 11 is 0. The molecule has 8 aliphatic rings. The number of allylic oxidation sites excluding steroid dienone is 1. The molecule has 17 heteroatoms. The van der Waals surface area contributed by atoms with Gasteiger partial charge in [0.1, 0.15) is 24.4 Å². The summed E-state index contributed by atoms with van der Waals surface area (Å²) in [6.45, 7) is 13.6. The molecule has 7 fully saturated rings. The summed E-state index contributed by atoms with van der Waals surface area (Å²) < 4.78 is 82.2. The Hall–Kier alpha value is -1.58. The number of ether oxygens (including phenoxy) is 7. The molecule has 0 bridgehead atoms. The lowest BCUT2D eigenvalue weighted by Crippen LogP contribution is -2.64. The molecule has 5 N–H and O–H groups in total. The molecule has 57 heavy (non-hydrogen) atoms. The normalized spacial score (nSPS) is 52.4. The number of aliphatic hydroxyl groups is 4. The van der Waals surface area contributed by atoms with Crippen LogP contribution in [-0.2, 0) is 52.5 Å². The van der Waals surface area contributed by atoms with E-state index in [1.807, 2.05) is 0 Å². The zero-order chi connectivity index (χ0) is 41.0. The molecule has 1 spiro atoms. The van der Waals surface area contributed by atoms with Crippen molar-refractivity contribution in [1.82, 2.24) is 0 Å². The maximum Gasteiger partial charge on any atom is 0.397 e. The standard InChI is InChI=1S/C40H60O16S/c1-18-9-12-40(50-16-18)19(2)30-27(55-40)15-26-24-8-7-22-13-23(42)14-29(39(22,6)25(24)10-11-38(26,30)5)53-37-35(54-36-33(45)32(44)31(43)20(3)51-36)34(52-21(4)41)28(17-49-37)56-57(46,47)48/h7,19-20,23-37,42-45H,1,8-17H2,2-6H3,(H,46,47,48). The summed E-state index contributed by atoms with van der Waals surface area (Å²) in [6.07, 6.45) is -6.63. The van der Waals surface area contributed by atoms with Crippen LogP contribution in [0.4, 0.5) is 0 Å². The topological polar surface area (TPSA) is 226 Å². The summed E-state index contributed by atoms with van der Waals surface area (Å²) in [6, 6.07) is 0. The zero-order valence-corrected chi connectivity index (χ0v) is 34.1. The van der Waals surface area contributed by atoms with Crippen molar-refractivity contribution >= 4 is 16.4 Å². The highest BCUT2D eigenvalue weighted by Crippen LogP contribution is 2.71. The SMILES string of the molecule is C=C1CCC2(OC1)OC1CC3C4CC=C5CC(O)CC(OC6OCC(OS(=O)(=O)O)C(OC(C)=O)C6OC6OC(C)C(O)C(O)C6O)C5(C)C4CCC3(C)C1C2C. The quantitative estimate of drug-likeness (QED) is 0.141. The molecule has 8 rings (SSSR count). The van der Waals surface area contributed by atoms with Gasteiger partial charge in [0.25, 0.3) is 0 Å². The van der Waals surface area contributed by atoms with Gasteiger partial charge >= 0.3 is 16.4 Å². The highest BCUT2D eigenvalue weighted by Gasteiger charge is 2.69. The lowest BCUT2D eigenvalue weighted by atomic mass is 9.46. The average molecular weight is 829 g/mol. The van der Waals surface area contributed by atoms with Gasteiger partial charge in [0.15, 0.2) is 30.6 Å². The minimum atomic E-state index is -5.09. The van der Waals surface area contributed by atoms with Crippen LogP contribution in [0.2, 0.25) is 0 Å². The Bertz CT molecular complexity index is 1690. The molecule has 0 radical (unpaired) electrons. The van der Waals surface area contributed by atoms with E-state index < -0.39 is 102 Å². The van der Waals surface area contributed by atoms with Crippen molar-refractivity contribution in [2.75, 3.05) is 13.2 Å². The van der Waals surface area contributed by atoms with Crippen LogP contribution in [0.15, 0.2) is 23.8 Å². The summed E-state index contributed by atoms with van der Waals surface area (Å²) in [5.74, 6) is -0.0194. The first kappa shape index (κ1) is 42.1. The molecule has 16 nitrogen and oxygen atoms in total. The molecule has 0 amide bonds. The van der Waals surface area contributed by atoms with Gasteiger partial charge in [-0.05, 0) is 74.5 Å². The van der Waals surface area contributed by atoms with Gasteiger partial charge in [-0.3, -0.25) is 9.35 Å². The van der Waals surface area contributed by atoms with E-state index in [0.717, 1.165) is 56.6 Å². The van der Waals surface area contributed by atoms with Crippen molar-refractivity contribution in [3.05, 3.63) is 23.8 Å². The lowest BCUT2D eigenvalue weighted by molar-refractivity contribution is -0.361. The zero-order valence-electron chi connectivity index (χ0n) is 33.3. The van der Waals surface area contributed by atoms with Gasteiger partial charge in [-0.1, -0.05) is 44.6 Å². The molecular formula is C40H60O16S. The van der Waals surface area contributed by atoms with E-state index in [9.17, 15) is 38.2 Å². The predicted molar refractivity (Wildman–Crippen MR) is 197 cm³/mol. The first-order valence-electron chi connectivity index (χ1n) is 20.6. The molecule has 4 aliphatic carbocycles. The minimum Gasteiger partial charge on any atom is -0.457 e. The average Bonchev–Trinajstić information content (AvgIpc) is 3.58. The molecule has 322 valence electrons. The molecule has 0 aromatic rings. The number of aliphatic hydroxyl groups excluding tert-OH is 4. The molecule has 3 saturated carbocycles. The number of esters is 1. The molecule has 0 aromatic carbocycles. The number of hydrogen-bond acceptors (Lipinski definition) is 15. The van der Waals surface area contributed by atoms with Gasteiger partial charge in [-0.25, -0.2) is 4.18 Å². The molecule has 20 unspecified atom stereocenters. The fourth-order valence-corrected chi connectivity index (χ4v) is 13.2. The number of carbonyl (C=O) groups excluding carboxylic acids is 1. The third-order valence-electron chi connectivity index (χ3n) is 15.5. The summed E-state index contributed by atoms with van der Waals surface area (Å²) in [5.41, 5.74) is 1.63. The minimum absolute atomic E-state index is 0.0274. The van der Waals surface area contributed by atoms with Gasteiger partial charge in [0.2, 0.25) is 0 Å². The van der Waals surface area contributed by atoms with Gasteiger partial charge in [0, 0.05) is 31.1 Å². The molecule has 4 saturated heterocycles. The molecule has 4 aliphatic heterocycles. The molecule has 0 aromatic heterocycles. The Morgan fingerprint density at radius 2 is 1.74 bits per heavy atom. The Morgan fingerprint density at radius 3 is 2.42 bits per heavy atom. The van der Waals surface area contributed by atoms with Crippen molar-refractivity contribution in [3.63, 3.8) is 0 Å². The molecular weight excluding hydrogens is 768 g/mol. The second-order valence-corrected chi connectivity index (χ2v) is 19.6. The largest absolute Gasteiger partial charge is 0.457 e. The lowest BCUT2D eigenvalue weighted by Gasteiger charge is -2.60. The van der Waals surface area contributed by atoms with E-state index in [-0.39, 0.29) is 29.8 Å². The van der Waals surface area contributed by atoms with Gasteiger partial charge in [0.05, 0.1) is 37.6 Å². The highest BCUT2D eigenvalue weighted by molar-refractivity contribution is 7.80. The van der Waals surface area contributed by atoms with E-state index in [0.29, 0.717) is 30.8 Å². The van der Waals surface area contributed by atoms with Gasteiger partial charge in [-0.15, -0.1) is 0 Å². The number of hydrogen-bond donors (Lipinski definition) is 5. The number of rotatable bonds is 7. The van der Waals surface area contributed by atoms with Crippen molar-refractivity contribution < 1.29 is 75.5 Å². The van der Waals surface area contributed by atoms with Crippen LogP contribution in [-0.4, -0.2) is 132 Å². The van der Waals surface area contributed by atoms with E-state index in [1.165, 1.54) is 6.92 Å². The van der Waals surface area contributed by atoms with Crippen LogP contribution in [0, 0.1) is 40.4 Å². The second kappa shape index (κ2) is 15.1. The van der Waals surface area contributed by atoms with Crippen LogP contribution in [0.5, 0.6) is 0 Å². The predicted octanol–water partition coefficient (Wildman–Crippen LogP) is 2.32. The first-order chi connectivity index (χ1) is 26.8. The maximum atomic E-state index is 12.5. The van der Waals surface area contributed by atoms with E-state index in [2.05, 4.69) is 33.4 Å². The van der Waals surface area contributed by atoms with Crippen molar-refractivity contribution in [3.8, 4) is 0 Å². The Kier molecular flexibility index (Phi) is 11.2. The van der Waals surface area contributed by atoms with Gasteiger partial charge < -0.3 is 53.6 Å². The Labute approximate surface area is 334 Å². The van der Waals surface area contributed by atoms with E-state index in [4.69, 9.17) is 37.3 Å². The maximum absolute atomic E-state index is 12.5. The Morgan fingerprint density at radius 1 is 0.982 bits per heavy atom.